The van der Waals surface area contributed by atoms with E-state index in [1.54, 1.807) is 6.08 Å². The van der Waals surface area contributed by atoms with Crippen LogP contribution in [0.15, 0.2) is 23.5 Å². The Balaban J connectivity index is 2.08. The summed E-state index contributed by atoms with van der Waals surface area (Å²) >= 11 is 0. The minimum atomic E-state index is -0.569. The first-order valence-corrected chi connectivity index (χ1v) is 10.3. The zero-order valence-electron chi connectivity index (χ0n) is 17.7. The number of carbonyl (C=O) groups excluding carboxylic acids is 1. The molecule has 0 aliphatic carbocycles. The third-order valence-electron chi connectivity index (χ3n) is 5.19. The van der Waals surface area contributed by atoms with Gasteiger partial charge in [-0.25, -0.2) is 4.79 Å². The number of ether oxygens (including phenoxy) is 2. The van der Waals surface area contributed by atoms with E-state index in [0.29, 0.717) is 11.8 Å². The van der Waals surface area contributed by atoms with E-state index in [4.69, 9.17) is 15.2 Å². The van der Waals surface area contributed by atoms with Crippen LogP contribution in [0.3, 0.4) is 0 Å². The number of hydrogen-bond acceptors (Lipinski definition) is 6. The van der Waals surface area contributed by atoms with E-state index in [2.05, 4.69) is 17.1 Å². The summed E-state index contributed by atoms with van der Waals surface area (Å²) in [5.41, 5.74) is 6.73. The topological polar surface area (TPSA) is 97.1 Å². The van der Waals surface area contributed by atoms with Crippen LogP contribution in [0.1, 0.15) is 47.0 Å². The number of hydrogen-bond donors (Lipinski definition) is 3. The molecule has 2 aliphatic rings. The second-order valence-electron chi connectivity index (χ2n) is 8.78. The highest BCUT2D eigenvalue weighted by atomic mass is 16.6. The first-order valence-electron chi connectivity index (χ1n) is 10.3. The molecule has 1 amide bonds. The van der Waals surface area contributed by atoms with Crippen molar-refractivity contribution in [3.63, 3.8) is 0 Å². The molecule has 28 heavy (non-hydrogen) atoms. The van der Waals surface area contributed by atoms with Crippen molar-refractivity contribution in [2.75, 3.05) is 32.8 Å². The van der Waals surface area contributed by atoms with Crippen molar-refractivity contribution >= 4 is 6.09 Å². The molecule has 1 unspecified atom stereocenters. The number of nitrogens with two attached hydrogens (primary N) is 1. The van der Waals surface area contributed by atoms with Gasteiger partial charge in [-0.05, 0) is 52.0 Å². The average Bonchev–Trinajstić information content (AvgIpc) is 3.24. The molecule has 0 bridgehead atoms. The van der Waals surface area contributed by atoms with Crippen LogP contribution in [0.25, 0.3) is 0 Å². The summed E-state index contributed by atoms with van der Waals surface area (Å²) in [4.78, 5) is 14.2. The number of aliphatic hydroxyl groups excluding tert-OH is 1. The Morgan fingerprint density at radius 2 is 2.14 bits per heavy atom. The van der Waals surface area contributed by atoms with Gasteiger partial charge in [-0.15, -0.1) is 0 Å². The molecular formula is C21H37N3O4. The molecule has 3 atom stereocenters. The van der Waals surface area contributed by atoms with Crippen molar-refractivity contribution in [2.45, 2.75) is 58.7 Å². The second-order valence-corrected chi connectivity index (χ2v) is 8.78. The van der Waals surface area contributed by atoms with E-state index in [1.165, 1.54) is 5.57 Å². The summed E-state index contributed by atoms with van der Waals surface area (Å²) in [7, 11) is 0. The Kier molecular flexibility index (Phi) is 8.34. The molecule has 0 radical (unpaired) electrons. The molecule has 2 rings (SSSR count). The average molecular weight is 396 g/mol. The normalized spacial score (nSPS) is 25.8. The van der Waals surface area contributed by atoms with E-state index in [-0.39, 0.29) is 11.9 Å². The van der Waals surface area contributed by atoms with Gasteiger partial charge in [0, 0.05) is 32.2 Å². The number of amides is 1. The van der Waals surface area contributed by atoms with Crippen molar-refractivity contribution in [3.8, 4) is 0 Å². The van der Waals surface area contributed by atoms with Crippen LogP contribution in [0.5, 0.6) is 0 Å². The highest BCUT2D eigenvalue weighted by Crippen LogP contribution is 2.31. The molecule has 160 valence electrons. The Hall–Kier alpha value is -1.57. The fourth-order valence-corrected chi connectivity index (χ4v) is 3.81. The predicted octanol–water partition coefficient (Wildman–Crippen LogP) is 2.37. The standard InChI is InChI=1S/C21H37N3O4/c1-5-15(12-24-10-8-17(25)13-24)18(16-9-11-27-14-16)6-7-19(22)23-20(26)28-21(2,3)4/h6-7,15-17,25H,5,8-14,22H2,1-4H3,(H,23,26)/b18-6+,19-7+/t15?,16-,17+/m0/s1. The summed E-state index contributed by atoms with van der Waals surface area (Å²) in [5.74, 6) is 0.989. The minimum Gasteiger partial charge on any atom is -0.444 e. The molecule has 0 aromatic carbocycles. The molecule has 0 aromatic rings. The third-order valence-corrected chi connectivity index (χ3v) is 5.19. The number of β-amino-alcohol motifs (C(OH)–C–C–N with tert-alkyl or cyclic N) is 1. The SMILES string of the molecule is CCC(CN1CC[C@@H](O)C1)/C(=C\C=C(/N)NC(=O)OC(C)(C)C)[C@H]1CCOC1. The van der Waals surface area contributed by atoms with Gasteiger partial charge < -0.3 is 25.2 Å². The number of alkyl carbamates (subject to hydrolysis) is 1. The number of nitrogens with one attached hydrogen (secondary N) is 1. The zero-order valence-corrected chi connectivity index (χ0v) is 17.7. The van der Waals surface area contributed by atoms with Gasteiger partial charge in [-0.2, -0.15) is 0 Å². The molecule has 0 aromatic heterocycles. The van der Waals surface area contributed by atoms with E-state index >= 15 is 0 Å². The Morgan fingerprint density at radius 3 is 2.68 bits per heavy atom. The fraction of sp³-hybridized carbons (Fsp3) is 0.762. The molecule has 0 spiro atoms. The van der Waals surface area contributed by atoms with Crippen LogP contribution in [0, 0.1) is 11.8 Å². The monoisotopic (exact) mass is 395 g/mol. The van der Waals surface area contributed by atoms with Crippen LogP contribution < -0.4 is 11.1 Å². The maximum absolute atomic E-state index is 11.9. The summed E-state index contributed by atoms with van der Waals surface area (Å²) in [6.45, 7) is 11.7. The highest BCUT2D eigenvalue weighted by molar-refractivity contribution is 5.69. The zero-order chi connectivity index (χ0) is 20.7. The molecule has 7 heteroatoms. The van der Waals surface area contributed by atoms with Crippen LogP contribution >= 0.6 is 0 Å². The Bertz CT molecular complexity index is 577. The summed E-state index contributed by atoms with van der Waals surface area (Å²) < 4.78 is 10.9. The Labute approximate surface area is 168 Å². The lowest BCUT2D eigenvalue weighted by Crippen LogP contribution is -2.34. The lowest BCUT2D eigenvalue weighted by molar-refractivity contribution is 0.0545. The molecule has 2 heterocycles. The van der Waals surface area contributed by atoms with Crippen molar-refractivity contribution < 1.29 is 19.4 Å². The third kappa shape index (κ3) is 7.45. The van der Waals surface area contributed by atoms with Crippen molar-refractivity contribution in [1.29, 1.82) is 0 Å². The number of likely N-dealkylation sites (tertiary alicyclic amines) is 1. The van der Waals surface area contributed by atoms with Gasteiger partial charge in [0.1, 0.15) is 11.4 Å². The van der Waals surface area contributed by atoms with Crippen molar-refractivity contribution in [1.82, 2.24) is 10.2 Å². The van der Waals surface area contributed by atoms with Gasteiger partial charge in [-0.3, -0.25) is 5.32 Å². The lowest BCUT2D eigenvalue weighted by Gasteiger charge is -2.27. The highest BCUT2D eigenvalue weighted by Gasteiger charge is 2.29. The second kappa shape index (κ2) is 10.3. The lowest BCUT2D eigenvalue weighted by atomic mass is 9.84. The van der Waals surface area contributed by atoms with Crippen LogP contribution in [-0.4, -0.2) is 60.7 Å². The molecule has 0 saturated carbocycles. The van der Waals surface area contributed by atoms with Crippen molar-refractivity contribution in [2.24, 2.45) is 17.6 Å². The van der Waals surface area contributed by atoms with Gasteiger partial charge in [0.05, 0.1) is 12.7 Å². The van der Waals surface area contributed by atoms with E-state index in [0.717, 1.165) is 52.1 Å². The van der Waals surface area contributed by atoms with Gasteiger partial charge >= 0.3 is 6.09 Å². The van der Waals surface area contributed by atoms with Gasteiger partial charge in [0.25, 0.3) is 0 Å². The summed E-state index contributed by atoms with van der Waals surface area (Å²) in [5, 5.41) is 12.4. The van der Waals surface area contributed by atoms with Crippen LogP contribution in [0.2, 0.25) is 0 Å². The van der Waals surface area contributed by atoms with Gasteiger partial charge in [0.2, 0.25) is 0 Å². The Morgan fingerprint density at radius 1 is 1.39 bits per heavy atom. The molecular weight excluding hydrogens is 358 g/mol. The number of aliphatic hydroxyl groups is 1. The predicted molar refractivity (Wildman–Crippen MR) is 109 cm³/mol. The minimum absolute atomic E-state index is 0.215. The maximum Gasteiger partial charge on any atom is 0.413 e. The summed E-state index contributed by atoms with van der Waals surface area (Å²) in [6.07, 6.45) is 5.85. The molecule has 4 N–H and O–H groups in total. The first-order chi connectivity index (χ1) is 13.2. The van der Waals surface area contributed by atoms with Gasteiger partial charge in [0.15, 0.2) is 0 Å². The van der Waals surface area contributed by atoms with E-state index in [1.807, 2.05) is 26.8 Å². The number of allylic oxidation sites excluding steroid dienone is 2. The largest absolute Gasteiger partial charge is 0.444 e. The molecule has 2 saturated heterocycles. The van der Waals surface area contributed by atoms with Gasteiger partial charge in [-0.1, -0.05) is 18.6 Å². The van der Waals surface area contributed by atoms with E-state index < -0.39 is 11.7 Å². The first kappa shape index (κ1) is 22.7. The smallest absolute Gasteiger partial charge is 0.413 e. The number of rotatable bonds is 7. The van der Waals surface area contributed by atoms with Crippen LogP contribution in [-0.2, 0) is 9.47 Å². The summed E-state index contributed by atoms with van der Waals surface area (Å²) in [6, 6.07) is 0. The van der Waals surface area contributed by atoms with Crippen molar-refractivity contribution in [3.05, 3.63) is 23.5 Å². The fourth-order valence-electron chi connectivity index (χ4n) is 3.81. The number of carbonyl (C=O) groups is 1. The molecule has 7 nitrogen and oxygen atoms in total. The van der Waals surface area contributed by atoms with E-state index in [9.17, 15) is 9.90 Å². The molecule has 2 aliphatic heterocycles. The quantitative estimate of drug-likeness (QED) is 0.573. The number of nitrogens with zero attached hydrogens (tertiary/aromatic N) is 1. The maximum atomic E-state index is 11.9. The molecule has 2 fully saturated rings. The van der Waals surface area contributed by atoms with Crippen LogP contribution in [0.4, 0.5) is 4.79 Å².